The van der Waals surface area contributed by atoms with E-state index in [1.165, 1.54) is 11.8 Å². The molecule has 2 rings (SSSR count). The predicted octanol–water partition coefficient (Wildman–Crippen LogP) is 3.28. The second kappa shape index (κ2) is 9.87. The van der Waals surface area contributed by atoms with Gasteiger partial charge < -0.3 is 15.5 Å². The van der Waals surface area contributed by atoms with Crippen LogP contribution in [0.2, 0.25) is 0 Å². The molecule has 0 heterocycles. The molecule has 6 nitrogen and oxygen atoms in total. The molecule has 6 heteroatoms. The van der Waals surface area contributed by atoms with E-state index in [1.807, 2.05) is 63.2 Å². The fourth-order valence-corrected chi connectivity index (χ4v) is 3.12. The molecule has 2 N–H and O–H groups in total. The third-order valence-electron chi connectivity index (χ3n) is 4.79. The fraction of sp³-hybridized carbons (Fsp3) is 0.348. The maximum absolute atomic E-state index is 12.7. The Morgan fingerprint density at radius 2 is 1.55 bits per heavy atom. The van der Waals surface area contributed by atoms with Gasteiger partial charge in [0.2, 0.25) is 17.7 Å². The van der Waals surface area contributed by atoms with Crippen LogP contribution >= 0.6 is 0 Å². The summed E-state index contributed by atoms with van der Waals surface area (Å²) in [6.07, 6.45) is 0.0792. The SMILES string of the molecule is CC(=O)NC(CC(=O)N(C)CC(=O)Nc1c(C)cccc1C)c1ccc(C)cc1. The quantitative estimate of drug-likeness (QED) is 0.755. The van der Waals surface area contributed by atoms with E-state index in [2.05, 4.69) is 10.6 Å². The first-order valence-electron chi connectivity index (χ1n) is 9.61. The minimum Gasteiger partial charge on any atom is -0.349 e. The summed E-state index contributed by atoms with van der Waals surface area (Å²) in [4.78, 5) is 38.1. The average molecular weight is 396 g/mol. The maximum atomic E-state index is 12.7. The van der Waals surface area contributed by atoms with Crippen LogP contribution in [0.3, 0.4) is 0 Å². The summed E-state index contributed by atoms with van der Waals surface area (Å²) in [6, 6.07) is 13.0. The molecule has 2 aromatic carbocycles. The van der Waals surface area contributed by atoms with Gasteiger partial charge >= 0.3 is 0 Å². The largest absolute Gasteiger partial charge is 0.349 e. The van der Waals surface area contributed by atoms with Crippen LogP contribution in [0.1, 0.15) is 41.6 Å². The molecule has 0 aliphatic heterocycles. The molecule has 0 aromatic heterocycles. The van der Waals surface area contributed by atoms with Gasteiger partial charge in [-0.3, -0.25) is 14.4 Å². The Balaban J connectivity index is 2.02. The summed E-state index contributed by atoms with van der Waals surface area (Å²) >= 11 is 0. The Hall–Kier alpha value is -3.15. The van der Waals surface area contributed by atoms with E-state index in [-0.39, 0.29) is 30.7 Å². The molecule has 3 amide bonds. The van der Waals surface area contributed by atoms with E-state index in [9.17, 15) is 14.4 Å². The highest BCUT2D eigenvalue weighted by molar-refractivity contribution is 5.95. The molecule has 1 atom stereocenters. The molecule has 154 valence electrons. The van der Waals surface area contributed by atoms with Crippen molar-refractivity contribution in [2.24, 2.45) is 0 Å². The van der Waals surface area contributed by atoms with E-state index in [1.54, 1.807) is 7.05 Å². The number of anilines is 1. The zero-order valence-electron chi connectivity index (χ0n) is 17.7. The Labute approximate surface area is 172 Å². The molecule has 0 radical (unpaired) electrons. The molecule has 0 spiro atoms. The van der Waals surface area contributed by atoms with Crippen molar-refractivity contribution < 1.29 is 14.4 Å². The molecule has 29 heavy (non-hydrogen) atoms. The normalized spacial score (nSPS) is 11.5. The molecule has 0 fully saturated rings. The highest BCUT2D eigenvalue weighted by Gasteiger charge is 2.21. The zero-order chi connectivity index (χ0) is 21.6. The third-order valence-corrected chi connectivity index (χ3v) is 4.79. The molecular weight excluding hydrogens is 366 g/mol. The van der Waals surface area contributed by atoms with Gasteiger partial charge in [0.15, 0.2) is 0 Å². The van der Waals surface area contributed by atoms with Gasteiger partial charge in [0.25, 0.3) is 0 Å². The van der Waals surface area contributed by atoms with Crippen molar-refractivity contribution in [3.8, 4) is 0 Å². The topological polar surface area (TPSA) is 78.5 Å². The number of nitrogens with one attached hydrogen (secondary N) is 2. The van der Waals surface area contributed by atoms with Crippen molar-refractivity contribution in [2.75, 3.05) is 18.9 Å². The summed E-state index contributed by atoms with van der Waals surface area (Å²) in [5.74, 6) is -0.690. The van der Waals surface area contributed by atoms with Crippen molar-refractivity contribution in [3.63, 3.8) is 0 Å². The zero-order valence-corrected chi connectivity index (χ0v) is 17.7. The van der Waals surface area contributed by atoms with Gasteiger partial charge in [-0.05, 0) is 37.5 Å². The highest BCUT2D eigenvalue weighted by atomic mass is 16.2. The molecular formula is C23H29N3O3. The number of carbonyl (C=O) groups excluding carboxylic acids is 3. The Morgan fingerprint density at radius 3 is 2.10 bits per heavy atom. The van der Waals surface area contributed by atoms with Crippen LogP contribution in [0.15, 0.2) is 42.5 Å². The van der Waals surface area contributed by atoms with E-state index in [0.29, 0.717) is 0 Å². The number of amides is 3. The van der Waals surface area contributed by atoms with Crippen LogP contribution in [0.25, 0.3) is 0 Å². The number of hydrogen-bond acceptors (Lipinski definition) is 3. The lowest BCUT2D eigenvalue weighted by Crippen LogP contribution is -2.38. The number of aryl methyl sites for hydroxylation is 3. The van der Waals surface area contributed by atoms with Crippen LogP contribution in [-0.4, -0.2) is 36.2 Å². The summed E-state index contributed by atoms with van der Waals surface area (Å²) in [6.45, 7) is 7.19. The molecule has 0 bridgehead atoms. The molecule has 0 aliphatic carbocycles. The maximum Gasteiger partial charge on any atom is 0.243 e. The fourth-order valence-electron chi connectivity index (χ4n) is 3.12. The summed E-state index contributed by atoms with van der Waals surface area (Å²) in [5, 5.41) is 5.71. The predicted molar refractivity (Wildman–Crippen MR) is 115 cm³/mol. The van der Waals surface area contributed by atoms with Crippen LogP contribution in [0.5, 0.6) is 0 Å². The van der Waals surface area contributed by atoms with Crippen molar-refractivity contribution in [1.82, 2.24) is 10.2 Å². The molecule has 1 unspecified atom stereocenters. The highest BCUT2D eigenvalue weighted by Crippen LogP contribution is 2.20. The van der Waals surface area contributed by atoms with Gasteiger partial charge in [-0.2, -0.15) is 0 Å². The number of benzene rings is 2. The van der Waals surface area contributed by atoms with E-state index in [4.69, 9.17) is 0 Å². The third kappa shape index (κ3) is 6.45. The number of para-hydroxylation sites is 1. The van der Waals surface area contributed by atoms with Crippen LogP contribution in [0, 0.1) is 20.8 Å². The number of carbonyl (C=O) groups is 3. The molecule has 0 saturated heterocycles. The smallest absolute Gasteiger partial charge is 0.243 e. The van der Waals surface area contributed by atoms with Gasteiger partial charge in [-0.25, -0.2) is 0 Å². The number of hydrogen-bond donors (Lipinski definition) is 2. The van der Waals surface area contributed by atoms with Gasteiger partial charge in [-0.1, -0.05) is 48.0 Å². The lowest BCUT2D eigenvalue weighted by molar-refractivity contribution is -0.134. The van der Waals surface area contributed by atoms with Gasteiger partial charge in [0, 0.05) is 19.7 Å². The standard InChI is InChI=1S/C23H29N3O3/c1-15-9-11-19(12-10-15)20(24-18(4)27)13-22(29)26(5)14-21(28)25-23-16(2)7-6-8-17(23)3/h6-12,20H,13-14H2,1-5H3,(H,24,27)(H,25,28). The van der Waals surface area contributed by atoms with E-state index < -0.39 is 6.04 Å². The average Bonchev–Trinajstić information content (AvgIpc) is 2.64. The minimum absolute atomic E-state index is 0.0622. The molecule has 0 aliphatic rings. The van der Waals surface area contributed by atoms with Crippen molar-refractivity contribution in [2.45, 2.75) is 40.2 Å². The number of rotatable bonds is 7. The number of nitrogens with zero attached hydrogens (tertiary/aromatic N) is 1. The summed E-state index contributed by atoms with van der Waals surface area (Å²) < 4.78 is 0. The first kappa shape index (κ1) is 22.1. The van der Waals surface area contributed by atoms with Gasteiger partial charge in [0.1, 0.15) is 0 Å². The van der Waals surface area contributed by atoms with E-state index in [0.717, 1.165) is 27.9 Å². The summed E-state index contributed by atoms with van der Waals surface area (Å²) in [5.41, 5.74) is 4.67. The summed E-state index contributed by atoms with van der Waals surface area (Å²) in [7, 11) is 1.59. The first-order valence-corrected chi connectivity index (χ1v) is 9.61. The van der Waals surface area contributed by atoms with Crippen molar-refractivity contribution >= 4 is 23.4 Å². The van der Waals surface area contributed by atoms with Crippen LogP contribution in [0.4, 0.5) is 5.69 Å². The van der Waals surface area contributed by atoms with Crippen LogP contribution < -0.4 is 10.6 Å². The van der Waals surface area contributed by atoms with Crippen molar-refractivity contribution in [1.29, 1.82) is 0 Å². The van der Waals surface area contributed by atoms with Gasteiger partial charge in [0.05, 0.1) is 19.0 Å². The minimum atomic E-state index is -0.440. The Kier molecular flexibility index (Phi) is 7.53. The molecule has 2 aromatic rings. The molecule has 0 saturated carbocycles. The monoisotopic (exact) mass is 395 g/mol. The second-order valence-corrected chi connectivity index (χ2v) is 7.43. The second-order valence-electron chi connectivity index (χ2n) is 7.43. The number of likely N-dealkylation sites (N-methyl/N-ethyl adjacent to an activating group) is 1. The lowest BCUT2D eigenvalue weighted by Gasteiger charge is -2.23. The van der Waals surface area contributed by atoms with Gasteiger partial charge in [-0.15, -0.1) is 0 Å². The van der Waals surface area contributed by atoms with Crippen molar-refractivity contribution in [3.05, 3.63) is 64.7 Å². The first-order chi connectivity index (χ1) is 13.7. The Morgan fingerprint density at radius 1 is 0.966 bits per heavy atom. The van der Waals surface area contributed by atoms with Crippen LogP contribution in [-0.2, 0) is 14.4 Å². The Bertz CT molecular complexity index is 870. The van der Waals surface area contributed by atoms with E-state index >= 15 is 0 Å². The lowest BCUT2D eigenvalue weighted by atomic mass is 10.0.